The van der Waals surface area contributed by atoms with Gasteiger partial charge in [0.2, 0.25) is 0 Å². The summed E-state index contributed by atoms with van der Waals surface area (Å²) in [7, 11) is 0. The quantitative estimate of drug-likeness (QED) is 0.260. The van der Waals surface area contributed by atoms with E-state index in [-0.39, 0.29) is 11.2 Å². The number of unbranched alkanes of at least 4 members (excludes halogenated alkanes) is 9. The molecule has 0 amide bonds. The number of rotatable bonds is 13. The van der Waals surface area contributed by atoms with Crippen molar-refractivity contribution >= 4 is 11.0 Å². The van der Waals surface area contributed by atoms with Crippen molar-refractivity contribution in [2.45, 2.75) is 104 Å². The van der Waals surface area contributed by atoms with Crippen LogP contribution in [0.1, 0.15) is 103 Å². The molecule has 0 aliphatic rings. The van der Waals surface area contributed by atoms with Crippen LogP contribution in [0.4, 0.5) is 0 Å². The van der Waals surface area contributed by atoms with Gasteiger partial charge < -0.3 is 9.84 Å². The average molecular weight is 466 g/mol. The van der Waals surface area contributed by atoms with Crippen LogP contribution in [0.3, 0.4) is 0 Å². The molecule has 34 heavy (non-hydrogen) atoms. The Kier molecular flexibility index (Phi) is 9.37. The van der Waals surface area contributed by atoms with Crippen LogP contribution >= 0.6 is 0 Å². The van der Waals surface area contributed by atoms with Gasteiger partial charge >= 0.3 is 0 Å². The molecule has 1 heterocycles. The Bertz CT molecular complexity index is 1050. The highest BCUT2D eigenvalue weighted by Crippen LogP contribution is 2.36. The van der Waals surface area contributed by atoms with Gasteiger partial charge in [0, 0.05) is 11.6 Å². The molecule has 5 heteroatoms. The van der Waals surface area contributed by atoms with E-state index in [2.05, 4.69) is 37.9 Å². The zero-order valence-electron chi connectivity index (χ0n) is 21.9. The van der Waals surface area contributed by atoms with Gasteiger partial charge in [0.05, 0.1) is 6.61 Å². The van der Waals surface area contributed by atoms with Crippen molar-refractivity contribution in [3.05, 3.63) is 41.5 Å². The van der Waals surface area contributed by atoms with Gasteiger partial charge in [0.15, 0.2) is 0 Å². The van der Waals surface area contributed by atoms with Crippen molar-refractivity contribution in [3.63, 3.8) is 0 Å². The van der Waals surface area contributed by atoms with E-state index >= 15 is 0 Å². The maximum atomic E-state index is 10.9. The molecule has 0 saturated heterocycles. The number of aryl methyl sites for hydroxylation is 1. The number of phenolic OH excluding ortho intramolecular Hbond substituents is 1. The Morgan fingerprint density at radius 2 is 1.44 bits per heavy atom. The first-order chi connectivity index (χ1) is 16.3. The van der Waals surface area contributed by atoms with Crippen LogP contribution in [-0.4, -0.2) is 26.7 Å². The van der Waals surface area contributed by atoms with Crippen molar-refractivity contribution in [1.29, 1.82) is 0 Å². The summed E-state index contributed by atoms with van der Waals surface area (Å²) in [5, 5.41) is 20.2. The standard InChI is InChI=1S/C29H43N3O2/c1-6-7-8-9-10-11-12-13-14-15-18-34-23-16-17-25-26(21-23)31-32(30-25)27-20-22(2)19-24(28(27)33)29(3,4)5/h16-17,19-21,33H,6-15,18H2,1-5H3. The molecule has 186 valence electrons. The van der Waals surface area contributed by atoms with Crippen molar-refractivity contribution in [2.75, 3.05) is 6.61 Å². The summed E-state index contributed by atoms with van der Waals surface area (Å²) in [5.74, 6) is 1.05. The van der Waals surface area contributed by atoms with Gasteiger partial charge in [-0.25, -0.2) is 0 Å². The molecule has 1 N–H and O–H groups in total. The monoisotopic (exact) mass is 465 g/mol. The van der Waals surface area contributed by atoms with E-state index in [0.717, 1.165) is 40.9 Å². The van der Waals surface area contributed by atoms with E-state index in [9.17, 15) is 5.11 Å². The molecule has 0 fully saturated rings. The topological polar surface area (TPSA) is 60.2 Å². The Balaban J connectivity index is 1.53. The van der Waals surface area contributed by atoms with E-state index in [1.54, 1.807) is 0 Å². The predicted molar refractivity (Wildman–Crippen MR) is 141 cm³/mol. The lowest BCUT2D eigenvalue weighted by molar-refractivity contribution is 0.304. The summed E-state index contributed by atoms with van der Waals surface area (Å²) in [5.41, 5.74) is 3.94. The number of fused-ring (bicyclic) bond motifs is 1. The molecule has 0 aliphatic heterocycles. The number of hydrogen-bond donors (Lipinski definition) is 1. The van der Waals surface area contributed by atoms with Gasteiger partial charge in [-0.15, -0.1) is 15.0 Å². The number of aromatic hydroxyl groups is 1. The smallest absolute Gasteiger partial charge is 0.146 e. The fourth-order valence-corrected chi connectivity index (χ4v) is 4.36. The normalized spacial score (nSPS) is 11.9. The van der Waals surface area contributed by atoms with Gasteiger partial charge in [-0.3, -0.25) is 0 Å². The first-order valence-electron chi connectivity index (χ1n) is 13.1. The number of ether oxygens (including phenoxy) is 1. The summed E-state index contributed by atoms with van der Waals surface area (Å²) in [4.78, 5) is 1.54. The van der Waals surface area contributed by atoms with E-state index in [0.29, 0.717) is 5.69 Å². The molecule has 0 radical (unpaired) electrons. The fourth-order valence-electron chi connectivity index (χ4n) is 4.36. The Morgan fingerprint density at radius 1 is 0.824 bits per heavy atom. The van der Waals surface area contributed by atoms with Crippen LogP contribution in [0.15, 0.2) is 30.3 Å². The zero-order chi connectivity index (χ0) is 24.6. The molecule has 0 atom stereocenters. The number of hydrogen-bond acceptors (Lipinski definition) is 4. The van der Waals surface area contributed by atoms with Gasteiger partial charge in [-0.05, 0) is 42.5 Å². The van der Waals surface area contributed by atoms with Crippen molar-refractivity contribution in [1.82, 2.24) is 15.0 Å². The molecule has 1 aromatic heterocycles. The third-order valence-electron chi connectivity index (χ3n) is 6.38. The molecular formula is C29H43N3O2. The van der Waals surface area contributed by atoms with E-state index in [4.69, 9.17) is 4.74 Å². The van der Waals surface area contributed by atoms with E-state index < -0.39 is 0 Å². The molecule has 3 rings (SSSR count). The van der Waals surface area contributed by atoms with E-state index in [1.165, 1.54) is 62.6 Å². The first-order valence-corrected chi connectivity index (χ1v) is 13.1. The van der Waals surface area contributed by atoms with Gasteiger partial charge in [-0.1, -0.05) is 91.5 Å². The second-order valence-corrected chi connectivity index (χ2v) is 10.6. The van der Waals surface area contributed by atoms with Gasteiger partial charge in [0.1, 0.15) is 28.2 Å². The van der Waals surface area contributed by atoms with Crippen LogP contribution in [0.2, 0.25) is 0 Å². The SMILES string of the molecule is CCCCCCCCCCCCOc1ccc2nn(-c3cc(C)cc(C(C)(C)C)c3O)nc2c1. The lowest BCUT2D eigenvalue weighted by atomic mass is 9.85. The second-order valence-electron chi connectivity index (χ2n) is 10.6. The minimum atomic E-state index is -0.174. The molecular weight excluding hydrogens is 422 g/mol. The van der Waals surface area contributed by atoms with Crippen LogP contribution < -0.4 is 4.74 Å². The van der Waals surface area contributed by atoms with Crippen LogP contribution in [0, 0.1) is 6.92 Å². The highest BCUT2D eigenvalue weighted by atomic mass is 16.5. The largest absolute Gasteiger partial charge is 0.505 e. The molecule has 0 bridgehead atoms. The summed E-state index contributed by atoms with van der Waals surface area (Å²) >= 11 is 0. The number of nitrogens with zero attached hydrogens (tertiary/aromatic N) is 3. The Labute approximate surface area is 205 Å². The van der Waals surface area contributed by atoms with Crippen LogP contribution in [0.25, 0.3) is 16.7 Å². The molecule has 0 aliphatic carbocycles. The first kappa shape index (κ1) is 26.1. The molecule has 3 aromatic rings. The van der Waals surface area contributed by atoms with Gasteiger partial charge in [-0.2, -0.15) is 0 Å². The number of benzene rings is 2. The highest BCUT2D eigenvalue weighted by Gasteiger charge is 2.22. The highest BCUT2D eigenvalue weighted by molar-refractivity contribution is 5.76. The van der Waals surface area contributed by atoms with Crippen molar-refractivity contribution < 1.29 is 9.84 Å². The fraction of sp³-hybridized carbons (Fsp3) is 0.586. The zero-order valence-corrected chi connectivity index (χ0v) is 21.9. The Hall–Kier alpha value is -2.56. The second kappa shape index (κ2) is 12.2. The summed E-state index contributed by atoms with van der Waals surface area (Å²) < 4.78 is 5.98. The lowest BCUT2D eigenvalue weighted by Gasteiger charge is -2.22. The van der Waals surface area contributed by atoms with Crippen molar-refractivity contribution in [3.8, 4) is 17.2 Å². The summed E-state index contributed by atoms with van der Waals surface area (Å²) in [6.07, 6.45) is 13.2. The number of phenols is 1. The molecule has 5 nitrogen and oxygen atoms in total. The molecule has 2 aromatic carbocycles. The minimum absolute atomic E-state index is 0.174. The van der Waals surface area contributed by atoms with Gasteiger partial charge in [0.25, 0.3) is 0 Å². The third-order valence-corrected chi connectivity index (χ3v) is 6.38. The van der Waals surface area contributed by atoms with Crippen molar-refractivity contribution in [2.24, 2.45) is 0 Å². The predicted octanol–water partition coefficient (Wildman–Crippen LogP) is 8.03. The molecule has 0 spiro atoms. The minimum Gasteiger partial charge on any atom is -0.505 e. The molecule has 0 unspecified atom stereocenters. The number of aromatic nitrogens is 3. The van der Waals surface area contributed by atoms with E-state index in [1.807, 2.05) is 37.3 Å². The summed E-state index contributed by atoms with van der Waals surface area (Å²) in [6.45, 7) is 11.3. The maximum absolute atomic E-state index is 10.9. The van der Waals surface area contributed by atoms with Crippen LogP contribution in [0.5, 0.6) is 11.5 Å². The van der Waals surface area contributed by atoms with Crippen LogP contribution in [-0.2, 0) is 5.41 Å². The average Bonchev–Trinajstić information content (AvgIpc) is 3.21. The Morgan fingerprint density at radius 3 is 2.09 bits per heavy atom. The molecule has 0 saturated carbocycles. The maximum Gasteiger partial charge on any atom is 0.146 e. The third kappa shape index (κ3) is 7.22. The summed E-state index contributed by atoms with van der Waals surface area (Å²) in [6, 6.07) is 9.78. The lowest BCUT2D eigenvalue weighted by Crippen LogP contribution is -2.13.